The largest absolute Gasteiger partial charge is 0.361 e. The van der Waals surface area contributed by atoms with Crippen LogP contribution in [0.2, 0.25) is 0 Å². The lowest BCUT2D eigenvalue weighted by atomic mass is 9.87. The van der Waals surface area contributed by atoms with Crippen LogP contribution in [0.1, 0.15) is 52.0 Å². The normalized spacial score (nSPS) is 27.8. The van der Waals surface area contributed by atoms with E-state index in [1.165, 1.54) is 0 Å². The minimum absolute atomic E-state index is 0.00391. The van der Waals surface area contributed by atoms with Crippen LogP contribution in [0.5, 0.6) is 0 Å². The smallest absolute Gasteiger partial charge is 0.245 e. The van der Waals surface area contributed by atoms with Crippen LogP contribution >= 0.6 is 0 Å². The molecule has 5 nitrogen and oxygen atoms in total. The summed E-state index contributed by atoms with van der Waals surface area (Å²) < 4.78 is 0. The second-order valence-electron chi connectivity index (χ2n) is 9.11. The molecule has 1 saturated heterocycles. The van der Waals surface area contributed by atoms with E-state index in [1.54, 1.807) is 4.90 Å². The molecule has 29 heavy (non-hydrogen) atoms. The molecule has 0 aliphatic carbocycles. The summed E-state index contributed by atoms with van der Waals surface area (Å²) in [4.78, 5) is 31.2. The van der Waals surface area contributed by atoms with Gasteiger partial charge in [-0.1, -0.05) is 39.0 Å². The number of carbonyl (C=O) groups excluding carboxylic acids is 2. The number of benzene rings is 1. The van der Waals surface area contributed by atoms with Crippen molar-refractivity contribution in [3.05, 3.63) is 36.0 Å². The van der Waals surface area contributed by atoms with Gasteiger partial charge in [0.15, 0.2) is 0 Å². The molecular weight excluding hydrogens is 362 g/mol. The van der Waals surface area contributed by atoms with E-state index < -0.39 is 6.04 Å². The summed E-state index contributed by atoms with van der Waals surface area (Å²) in [7, 11) is 1.85. The van der Waals surface area contributed by atoms with Crippen molar-refractivity contribution in [2.45, 2.75) is 58.9 Å². The molecule has 1 fully saturated rings. The average Bonchev–Trinajstić information content (AvgIpc) is 3.08. The van der Waals surface area contributed by atoms with E-state index in [-0.39, 0.29) is 17.7 Å². The zero-order valence-corrected chi connectivity index (χ0v) is 18.2. The summed E-state index contributed by atoms with van der Waals surface area (Å²) in [6, 6.07) is 7.54. The molecule has 5 heteroatoms. The van der Waals surface area contributed by atoms with Gasteiger partial charge in [-0.05, 0) is 49.1 Å². The molecule has 0 radical (unpaired) electrons. The summed E-state index contributed by atoms with van der Waals surface area (Å²) in [6.45, 7) is 7.23. The number of amides is 2. The number of fused-ring (bicyclic) bond motifs is 1. The van der Waals surface area contributed by atoms with Crippen molar-refractivity contribution in [1.82, 2.24) is 15.2 Å². The van der Waals surface area contributed by atoms with Gasteiger partial charge in [0.25, 0.3) is 0 Å². The second kappa shape index (κ2) is 9.47. The number of H-pyrrole nitrogens is 1. The first-order valence-corrected chi connectivity index (χ1v) is 11.0. The lowest BCUT2D eigenvalue weighted by molar-refractivity contribution is -0.136. The van der Waals surface area contributed by atoms with Crippen molar-refractivity contribution in [1.29, 1.82) is 0 Å². The molecule has 1 aliphatic heterocycles. The summed E-state index contributed by atoms with van der Waals surface area (Å²) in [5.74, 6) is 1.01. The molecule has 1 aromatic carbocycles. The molecule has 3 rings (SSSR count). The third-order valence-electron chi connectivity index (χ3n) is 6.29. The standard InChI is InChI=1S/C24H35N3O2/c1-16-8-7-11-27(4)24(29)22(26-23(28)18(3)13-17(2)12-16)14-19-15-25-21-10-6-5-9-20(19)21/h5-6,9-10,15-18,22,25H,7-8,11-14H2,1-4H3,(H,26,28)/t16?,17-,18-,22+/m1/s1. The van der Waals surface area contributed by atoms with Crippen LogP contribution in [0.3, 0.4) is 0 Å². The van der Waals surface area contributed by atoms with E-state index in [1.807, 2.05) is 38.4 Å². The highest BCUT2D eigenvalue weighted by Crippen LogP contribution is 2.24. The fourth-order valence-electron chi connectivity index (χ4n) is 4.70. The Morgan fingerprint density at radius 2 is 1.83 bits per heavy atom. The number of hydrogen-bond donors (Lipinski definition) is 2. The van der Waals surface area contributed by atoms with Crippen LogP contribution in [0.25, 0.3) is 10.9 Å². The van der Waals surface area contributed by atoms with E-state index in [0.717, 1.165) is 48.7 Å². The predicted molar refractivity (Wildman–Crippen MR) is 118 cm³/mol. The monoisotopic (exact) mass is 397 g/mol. The predicted octanol–water partition coefficient (Wildman–Crippen LogP) is 4.14. The zero-order valence-electron chi connectivity index (χ0n) is 18.2. The summed E-state index contributed by atoms with van der Waals surface area (Å²) in [6.07, 6.45) is 6.56. The summed E-state index contributed by atoms with van der Waals surface area (Å²) in [5, 5.41) is 4.18. The molecule has 1 unspecified atom stereocenters. The lowest BCUT2D eigenvalue weighted by Crippen LogP contribution is -2.50. The van der Waals surface area contributed by atoms with Gasteiger partial charge in [0.1, 0.15) is 6.04 Å². The van der Waals surface area contributed by atoms with E-state index in [2.05, 4.69) is 30.2 Å². The van der Waals surface area contributed by atoms with Crippen LogP contribution in [0.4, 0.5) is 0 Å². The first-order chi connectivity index (χ1) is 13.8. The Kier molecular flexibility index (Phi) is 6.99. The molecule has 1 aliphatic rings. The minimum atomic E-state index is -0.539. The van der Waals surface area contributed by atoms with E-state index in [0.29, 0.717) is 18.3 Å². The van der Waals surface area contributed by atoms with Gasteiger partial charge < -0.3 is 15.2 Å². The molecule has 2 N–H and O–H groups in total. The number of hydrogen-bond acceptors (Lipinski definition) is 2. The van der Waals surface area contributed by atoms with Gasteiger partial charge in [-0.2, -0.15) is 0 Å². The van der Waals surface area contributed by atoms with Gasteiger partial charge in [0, 0.05) is 43.0 Å². The Morgan fingerprint density at radius 1 is 1.07 bits per heavy atom. The highest BCUT2D eigenvalue weighted by molar-refractivity contribution is 5.90. The van der Waals surface area contributed by atoms with E-state index in [9.17, 15) is 9.59 Å². The van der Waals surface area contributed by atoms with Crippen molar-refractivity contribution >= 4 is 22.7 Å². The molecule has 2 heterocycles. The Morgan fingerprint density at radius 3 is 2.62 bits per heavy atom. The van der Waals surface area contributed by atoms with Gasteiger partial charge in [-0.15, -0.1) is 0 Å². The Hall–Kier alpha value is -2.30. The molecule has 4 atom stereocenters. The minimum Gasteiger partial charge on any atom is -0.361 e. The molecule has 0 saturated carbocycles. The topological polar surface area (TPSA) is 65.2 Å². The average molecular weight is 398 g/mol. The number of nitrogens with zero attached hydrogens (tertiary/aromatic N) is 1. The van der Waals surface area contributed by atoms with Gasteiger partial charge in [0.2, 0.25) is 11.8 Å². The van der Waals surface area contributed by atoms with Gasteiger partial charge in [-0.3, -0.25) is 9.59 Å². The maximum absolute atomic E-state index is 13.2. The molecular formula is C24H35N3O2. The highest BCUT2D eigenvalue weighted by Gasteiger charge is 2.28. The van der Waals surface area contributed by atoms with Gasteiger partial charge >= 0.3 is 0 Å². The molecule has 158 valence electrons. The summed E-state index contributed by atoms with van der Waals surface area (Å²) >= 11 is 0. The van der Waals surface area contributed by atoms with Crippen LogP contribution in [-0.4, -0.2) is 41.3 Å². The first kappa shape index (κ1) is 21.4. The molecule has 0 bridgehead atoms. The number of aromatic amines is 1. The van der Waals surface area contributed by atoms with Crippen molar-refractivity contribution in [2.24, 2.45) is 17.8 Å². The maximum Gasteiger partial charge on any atom is 0.245 e. The fraction of sp³-hybridized carbons (Fsp3) is 0.583. The van der Waals surface area contributed by atoms with Crippen molar-refractivity contribution < 1.29 is 9.59 Å². The molecule has 2 aromatic rings. The maximum atomic E-state index is 13.2. The number of carbonyl (C=O) groups is 2. The Labute approximate surface area is 174 Å². The highest BCUT2D eigenvalue weighted by atomic mass is 16.2. The van der Waals surface area contributed by atoms with Gasteiger partial charge in [-0.25, -0.2) is 0 Å². The molecule has 1 aromatic heterocycles. The second-order valence-corrected chi connectivity index (χ2v) is 9.11. The lowest BCUT2D eigenvalue weighted by Gasteiger charge is -2.26. The van der Waals surface area contributed by atoms with Crippen molar-refractivity contribution in [3.8, 4) is 0 Å². The Balaban J connectivity index is 1.83. The van der Waals surface area contributed by atoms with E-state index in [4.69, 9.17) is 0 Å². The van der Waals surface area contributed by atoms with Gasteiger partial charge in [0.05, 0.1) is 0 Å². The van der Waals surface area contributed by atoms with Crippen LogP contribution in [0.15, 0.2) is 30.5 Å². The molecule has 2 amide bonds. The fourth-order valence-corrected chi connectivity index (χ4v) is 4.70. The third kappa shape index (κ3) is 5.40. The van der Waals surface area contributed by atoms with Crippen molar-refractivity contribution in [3.63, 3.8) is 0 Å². The zero-order chi connectivity index (χ0) is 21.0. The van der Waals surface area contributed by atoms with E-state index >= 15 is 0 Å². The number of likely N-dealkylation sites (N-methyl/N-ethyl adjacent to an activating group) is 1. The summed E-state index contributed by atoms with van der Waals surface area (Å²) in [5.41, 5.74) is 2.11. The quantitative estimate of drug-likeness (QED) is 0.800. The van der Waals surface area contributed by atoms with Crippen LogP contribution in [-0.2, 0) is 16.0 Å². The molecule has 0 spiro atoms. The number of rotatable bonds is 2. The Bertz CT molecular complexity index is 844. The first-order valence-electron chi connectivity index (χ1n) is 11.0. The number of para-hydroxylation sites is 1. The third-order valence-corrected chi connectivity index (χ3v) is 6.29. The SMILES string of the molecule is CC1CCCN(C)C(=O)[C@H](Cc2c[nH]c3ccccc23)NC(=O)[C@H](C)C[C@H](C)C1. The van der Waals surface area contributed by atoms with Crippen LogP contribution < -0.4 is 5.32 Å². The van der Waals surface area contributed by atoms with Crippen molar-refractivity contribution in [2.75, 3.05) is 13.6 Å². The number of aromatic nitrogens is 1. The van der Waals surface area contributed by atoms with Crippen LogP contribution in [0, 0.1) is 17.8 Å². The number of nitrogens with one attached hydrogen (secondary N) is 2.